The first-order valence-electron chi connectivity index (χ1n) is 14.9. The second-order valence-electron chi connectivity index (χ2n) is 10.9. The second-order valence-corrected chi connectivity index (χ2v) is 12.8. The second kappa shape index (κ2) is 15.5. The quantitative estimate of drug-likeness (QED) is 0.189. The van der Waals surface area contributed by atoms with E-state index in [9.17, 15) is 26.8 Å². The first-order valence-corrected chi connectivity index (χ1v) is 16.3. The Kier molecular flexibility index (Phi) is 11.5. The number of anilines is 1. The number of nitrogens with one attached hydrogen (secondary N) is 1. The molecule has 8 nitrogen and oxygen atoms in total. The smallest absolute Gasteiger partial charge is 0.264 e. The van der Waals surface area contributed by atoms with E-state index in [1.54, 1.807) is 26.0 Å². The molecule has 4 aromatic carbocycles. The molecule has 11 heteroatoms. The van der Waals surface area contributed by atoms with Gasteiger partial charge in [0.1, 0.15) is 30.0 Å². The van der Waals surface area contributed by atoms with Crippen LogP contribution < -0.4 is 14.4 Å². The van der Waals surface area contributed by atoms with Gasteiger partial charge < -0.3 is 15.0 Å². The lowest BCUT2D eigenvalue weighted by atomic mass is 10.0. The summed E-state index contributed by atoms with van der Waals surface area (Å²) in [6.07, 6.45) is 0.139. The molecule has 4 aromatic rings. The predicted molar refractivity (Wildman–Crippen MR) is 173 cm³/mol. The molecule has 2 amide bonds. The lowest BCUT2D eigenvalue weighted by Crippen LogP contribution is -2.54. The Morgan fingerprint density at radius 2 is 1.39 bits per heavy atom. The lowest BCUT2D eigenvalue weighted by molar-refractivity contribution is -0.140. The minimum absolute atomic E-state index is 0.101. The van der Waals surface area contributed by atoms with Crippen molar-refractivity contribution in [3.8, 4) is 5.75 Å². The molecule has 0 aliphatic rings. The number of halogens is 2. The van der Waals surface area contributed by atoms with Crippen molar-refractivity contribution < 1.29 is 31.5 Å². The average molecular weight is 650 g/mol. The highest BCUT2D eigenvalue weighted by Crippen LogP contribution is 2.27. The Hall–Kier alpha value is -4.77. The molecule has 0 saturated heterocycles. The third-order valence-electron chi connectivity index (χ3n) is 7.08. The van der Waals surface area contributed by atoms with Gasteiger partial charge in [-0.25, -0.2) is 17.2 Å². The van der Waals surface area contributed by atoms with Crippen LogP contribution in [0.25, 0.3) is 0 Å². The van der Waals surface area contributed by atoms with Gasteiger partial charge in [0.2, 0.25) is 11.8 Å². The summed E-state index contributed by atoms with van der Waals surface area (Å²) in [6.45, 7) is 5.02. The summed E-state index contributed by atoms with van der Waals surface area (Å²) in [7, 11) is -4.40. The van der Waals surface area contributed by atoms with Crippen LogP contribution in [0, 0.1) is 11.6 Å². The molecule has 0 aromatic heterocycles. The maximum atomic E-state index is 14.4. The van der Waals surface area contributed by atoms with Crippen molar-refractivity contribution in [2.24, 2.45) is 0 Å². The van der Waals surface area contributed by atoms with Crippen LogP contribution in [-0.2, 0) is 32.6 Å². The van der Waals surface area contributed by atoms with Crippen molar-refractivity contribution >= 4 is 27.5 Å². The van der Waals surface area contributed by atoms with Crippen LogP contribution in [-0.4, -0.2) is 50.4 Å². The molecule has 1 N–H and O–H groups in total. The number of hydrogen-bond donors (Lipinski definition) is 1. The fraction of sp³-hybridized carbons (Fsp3) is 0.257. The maximum absolute atomic E-state index is 14.4. The molecular formula is C35H37F2N3O5S. The van der Waals surface area contributed by atoms with Gasteiger partial charge in [-0.05, 0) is 92.6 Å². The van der Waals surface area contributed by atoms with Gasteiger partial charge in [-0.15, -0.1) is 0 Å². The van der Waals surface area contributed by atoms with Gasteiger partial charge in [0, 0.05) is 19.0 Å². The van der Waals surface area contributed by atoms with E-state index < -0.39 is 46.1 Å². The predicted octanol–water partition coefficient (Wildman–Crippen LogP) is 5.72. The van der Waals surface area contributed by atoms with Crippen LogP contribution in [0.5, 0.6) is 5.75 Å². The first-order chi connectivity index (χ1) is 22.0. The number of benzene rings is 4. The molecule has 0 aliphatic carbocycles. The number of carbonyl (C=O) groups is 2. The van der Waals surface area contributed by atoms with E-state index in [0.717, 1.165) is 34.1 Å². The summed E-state index contributed by atoms with van der Waals surface area (Å²) in [5, 5.41) is 2.88. The van der Waals surface area contributed by atoms with Crippen molar-refractivity contribution in [2.75, 3.05) is 17.5 Å². The highest BCUT2D eigenvalue weighted by Gasteiger charge is 2.35. The normalized spacial score (nSPS) is 12.0. The highest BCUT2D eigenvalue weighted by molar-refractivity contribution is 7.92. The number of hydrogen-bond acceptors (Lipinski definition) is 5. The first kappa shape index (κ1) is 34.1. The van der Waals surface area contributed by atoms with Gasteiger partial charge in [0.25, 0.3) is 10.0 Å². The largest absolute Gasteiger partial charge is 0.494 e. The summed E-state index contributed by atoms with van der Waals surface area (Å²) in [5.41, 5.74) is 1.49. The molecule has 0 heterocycles. The lowest BCUT2D eigenvalue weighted by Gasteiger charge is -2.34. The number of rotatable bonds is 14. The molecule has 242 valence electrons. The zero-order valence-electron chi connectivity index (χ0n) is 25.9. The van der Waals surface area contributed by atoms with E-state index in [4.69, 9.17) is 4.74 Å². The number of carbonyl (C=O) groups excluding carboxylic acids is 2. The summed E-state index contributed by atoms with van der Waals surface area (Å²) in [5.74, 6) is -1.69. The summed E-state index contributed by atoms with van der Waals surface area (Å²) in [6, 6.07) is 23.9. The van der Waals surface area contributed by atoms with E-state index in [0.29, 0.717) is 17.9 Å². The zero-order valence-corrected chi connectivity index (χ0v) is 26.7. The number of nitrogens with zero attached hydrogens (tertiary/aromatic N) is 2. The number of ether oxygens (including phenoxy) is 1. The summed E-state index contributed by atoms with van der Waals surface area (Å²) < 4.78 is 62.1. The monoisotopic (exact) mass is 649 g/mol. The Bertz CT molecular complexity index is 1700. The van der Waals surface area contributed by atoms with E-state index in [1.165, 1.54) is 41.3 Å². The maximum Gasteiger partial charge on any atom is 0.264 e. The van der Waals surface area contributed by atoms with Crippen molar-refractivity contribution in [3.63, 3.8) is 0 Å². The average Bonchev–Trinajstić information content (AvgIpc) is 3.03. The molecule has 0 fully saturated rings. The van der Waals surface area contributed by atoms with Gasteiger partial charge in [-0.2, -0.15) is 0 Å². The van der Waals surface area contributed by atoms with Crippen LogP contribution in [0.3, 0.4) is 0 Å². The molecule has 4 rings (SSSR count). The Morgan fingerprint density at radius 1 is 0.804 bits per heavy atom. The van der Waals surface area contributed by atoms with Crippen molar-refractivity contribution in [2.45, 2.75) is 50.7 Å². The summed E-state index contributed by atoms with van der Waals surface area (Å²) in [4.78, 5) is 29.2. The standard InChI is InChI=1S/C35H37F2N3O5S/c1-4-45-31-18-16-30(17-19-31)40(46(43,44)32-20-14-29(37)15-21-32)24-34(41)39(23-27-10-12-28(36)13-11-27)33(35(42)38-25(2)3)22-26-8-6-5-7-9-26/h5-21,25,33H,4,22-24H2,1-3H3,(H,38,42). The van der Waals surface area contributed by atoms with Gasteiger partial charge in [-0.3, -0.25) is 13.9 Å². The van der Waals surface area contributed by atoms with Crippen LogP contribution >= 0.6 is 0 Å². The fourth-order valence-corrected chi connectivity index (χ4v) is 6.27. The van der Waals surface area contributed by atoms with Gasteiger partial charge in [0.15, 0.2) is 0 Å². The third-order valence-corrected chi connectivity index (χ3v) is 8.87. The van der Waals surface area contributed by atoms with Crippen molar-refractivity contribution in [1.29, 1.82) is 0 Å². The Morgan fingerprint density at radius 3 is 1.96 bits per heavy atom. The SMILES string of the molecule is CCOc1ccc(N(CC(=O)N(Cc2ccc(F)cc2)C(Cc2ccccc2)C(=O)NC(C)C)S(=O)(=O)c2ccc(F)cc2)cc1. The van der Waals surface area contributed by atoms with E-state index in [1.807, 2.05) is 37.3 Å². The Labute approximate surface area is 268 Å². The van der Waals surface area contributed by atoms with E-state index in [2.05, 4.69) is 5.32 Å². The molecule has 46 heavy (non-hydrogen) atoms. The van der Waals surface area contributed by atoms with Crippen molar-refractivity contribution in [1.82, 2.24) is 10.2 Å². The molecule has 1 unspecified atom stereocenters. The molecule has 0 bridgehead atoms. The molecule has 0 radical (unpaired) electrons. The molecular weight excluding hydrogens is 612 g/mol. The summed E-state index contributed by atoms with van der Waals surface area (Å²) >= 11 is 0. The van der Waals surface area contributed by atoms with E-state index in [-0.39, 0.29) is 29.6 Å². The third kappa shape index (κ3) is 8.91. The highest BCUT2D eigenvalue weighted by atomic mass is 32.2. The van der Waals surface area contributed by atoms with Gasteiger partial charge in [-0.1, -0.05) is 42.5 Å². The van der Waals surface area contributed by atoms with Crippen LogP contribution in [0.15, 0.2) is 108 Å². The number of amides is 2. The molecule has 0 saturated carbocycles. The zero-order chi connectivity index (χ0) is 33.3. The van der Waals surface area contributed by atoms with Gasteiger partial charge in [0.05, 0.1) is 17.2 Å². The number of sulfonamides is 1. The van der Waals surface area contributed by atoms with Crippen LogP contribution in [0.2, 0.25) is 0 Å². The van der Waals surface area contributed by atoms with Gasteiger partial charge >= 0.3 is 0 Å². The van der Waals surface area contributed by atoms with E-state index >= 15 is 0 Å². The van der Waals surface area contributed by atoms with Crippen LogP contribution in [0.1, 0.15) is 31.9 Å². The molecule has 1 atom stereocenters. The minimum atomic E-state index is -4.40. The van der Waals surface area contributed by atoms with Crippen molar-refractivity contribution in [3.05, 3.63) is 126 Å². The molecule has 0 aliphatic heterocycles. The minimum Gasteiger partial charge on any atom is -0.494 e. The van der Waals surface area contributed by atoms with Crippen LogP contribution in [0.4, 0.5) is 14.5 Å². The topological polar surface area (TPSA) is 96.0 Å². The molecule has 0 spiro atoms. The Balaban J connectivity index is 1.80. The fourth-order valence-electron chi connectivity index (χ4n) is 4.86.